The molecular formula is C19H15Cl2FN2O3. The highest BCUT2D eigenvalue weighted by molar-refractivity contribution is 6.46. The zero-order valence-corrected chi connectivity index (χ0v) is 15.8. The minimum atomic E-state index is -0.565. The number of hydrogen-bond donors (Lipinski definition) is 1. The number of carbonyl (C=O) groups excluding carboxylic acids is 2. The third-order valence-electron chi connectivity index (χ3n) is 4.17. The molecular weight excluding hydrogens is 394 g/mol. The third kappa shape index (κ3) is 3.56. The normalized spacial score (nSPS) is 14.3. The Balaban J connectivity index is 2.13. The Morgan fingerprint density at radius 1 is 1.04 bits per heavy atom. The van der Waals surface area contributed by atoms with Crippen molar-refractivity contribution in [3.8, 4) is 0 Å². The lowest BCUT2D eigenvalue weighted by atomic mass is 10.0. The van der Waals surface area contributed by atoms with Crippen molar-refractivity contribution in [2.24, 2.45) is 0 Å². The highest BCUT2D eigenvalue weighted by atomic mass is 35.5. The summed E-state index contributed by atoms with van der Waals surface area (Å²) in [6.45, 7) is -0.0563. The standard InChI is InChI=1S/C19H15Cl2FN2O3/c1-23(8-9-25)17-16(11-2-4-12(22)5-3-11)18(26)24(19(17)27)13-6-7-14(20)15(21)10-13/h2-7,10,25H,8-9H2,1H3. The van der Waals surface area contributed by atoms with Gasteiger partial charge >= 0.3 is 0 Å². The monoisotopic (exact) mass is 408 g/mol. The fourth-order valence-corrected chi connectivity index (χ4v) is 3.16. The molecule has 2 aromatic rings. The molecule has 5 nitrogen and oxygen atoms in total. The van der Waals surface area contributed by atoms with E-state index in [-0.39, 0.29) is 35.1 Å². The van der Waals surface area contributed by atoms with Crippen molar-refractivity contribution in [3.05, 3.63) is 69.6 Å². The predicted octanol–water partition coefficient (Wildman–Crippen LogP) is 3.34. The second-order valence-electron chi connectivity index (χ2n) is 5.92. The summed E-state index contributed by atoms with van der Waals surface area (Å²) in [5.74, 6) is -1.58. The Bertz CT molecular complexity index is 944. The van der Waals surface area contributed by atoms with Gasteiger partial charge in [-0.3, -0.25) is 9.59 Å². The van der Waals surface area contributed by atoms with Crippen molar-refractivity contribution in [2.75, 3.05) is 25.1 Å². The van der Waals surface area contributed by atoms with E-state index in [4.69, 9.17) is 23.2 Å². The van der Waals surface area contributed by atoms with E-state index in [1.54, 1.807) is 7.05 Å². The zero-order valence-electron chi connectivity index (χ0n) is 14.2. The number of aliphatic hydroxyl groups is 1. The van der Waals surface area contributed by atoms with Crippen LogP contribution in [-0.4, -0.2) is 42.0 Å². The fourth-order valence-electron chi connectivity index (χ4n) is 2.87. The van der Waals surface area contributed by atoms with Gasteiger partial charge in [0.1, 0.15) is 11.5 Å². The molecule has 0 saturated heterocycles. The second kappa shape index (κ2) is 7.68. The van der Waals surface area contributed by atoms with Crippen LogP contribution in [0.4, 0.5) is 10.1 Å². The molecule has 0 aromatic heterocycles. The Morgan fingerprint density at radius 3 is 2.30 bits per heavy atom. The summed E-state index contributed by atoms with van der Waals surface area (Å²) in [5, 5.41) is 9.74. The van der Waals surface area contributed by atoms with Crippen molar-refractivity contribution in [1.29, 1.82) is 0 Å². The molecule has 1 N–H and O–H groups in total. The van der Waals surface area contributed by atoms with E-state index < -0.39 is 17.6 Å². The van der Waals surface area contributed by atoms with Crippen LogP contribution in [0.1, 0.15) is 5.56 Å². The van der Waals surface area contributed by atoms with Crippen LogP contribution in [0.25, 0.3) is 5.57 Å². The molecule has 0 bridgehead atoms. The average molecular weight is 409 g/mol. The molecule has 140 valence electrons. The average Bonchev–Trinajstić information content (AvgIpc) is 2.89. The highest BCUT2D eigenvalue weighted by Gasteiger charge is 2.41. The lowest BCUT2D eigenvalue weighted by molar-refractivity contribution is -0.120. The minimum Gasteiger partial charge on any atom is -0.395 e. The highest BCUT2D eigenvalue weighted by Crippen LogP contribution is 2.36. The molecule has 0 unspecified atom stereocenters. The number of amides is 2. The molecule has 0 spiro atoms. The molecule has 0 atom stereocenters. The summed E-state index contributed by atoms with van der Waals surface area (Å²) >= 11 is 11.9. The van der Waals surface area contributed by atoms with E-state index in [1.165, 1.54) is 47.4 Å². The van der Waals surface area contributed by atoms with Crippen molar-refractivity contribution >= 4 is 46.3 Å². The molecule has 2 aromatic carbocycles. The van der Waals surface area contributed by atoms with Crippen molar-refractivity contribution in [1.82, 2.24) is 4.90 Å². The van der Waals surface area contributed by atoms with Crippen LogP contribution in [0.5, 0.6) is 0 Å². The SMILES string of the molecule is CN(CCO)C1=C(c2ccc(F)cc2)C(=O)N(c2ccc(Cl)c(Cl)c2)C1=O. The summed E-state index contributed by atoms with van der Waals surface area (Å²) in [5.41, 5.74) is 0.914. The van der Waals surface area contributed by atoms with Crippen LogP contribution >= 0.6 is 23.2 Å². The number of anilines is 1. The van der Waals surface area contributed by atoms with Gasteiger partial charge in [0.2, 0.25) is 0 Å². The van der Waals surface area contributed by atoms with Gasteiger partial charge in [0.05, 0.1) is 27.9 Å². The summed E-state index contributed by atoms with van der Waals surface area (Å²) in [6.07, 6.45) is 0. The van der Waals surface area contributed by atoms with Gasteiger partial charge in [-0.15, -0.1) is 0 Å². The van der Waals surface area contributed by atoms with Crippen LogP contribution in [0.2, 0.25) is 10.0 Å². The molecule has 2 amide bonds. The first kappa shape index (κ1) is 19.4. The van der Waals surface area contributed by atoms with Gasteiger partial charge in [-0.2, -0.15) is 0 Å². The van der Waals surface area contributed by atoms with Crippen molar-refractivity contribution < 1.29 is 19.1 Å². The Kier molecular flexibility index (Phi) is 5.51. The lowest BCUT2D eigenvalue weighted by Gasteiger charge is -2.20. The van der Waals surface area contributed by atoms with Crippen LogP contribution in [0, 0.1) is 5.82 Å². The van der Waals surface area contributed by atoms with E-state index in [1.807, 2.05) is 0 Å². The van der Waals surface area contributed by atoms with Gasteiger partial charge < -0.3 is 10.0 Å². The maximum Gasteiger partial charge on any atom is 0.282 e. The summed E-state index contributed by atoms with van der Waals surface area (Å²) in [7, 11) is 1.60. The first-order chi connectivity index (χ1) is 12.8. The summed E-state index contributed by atoms with van der Waals surface area (Å²) in [4.78, 5) is 28.6. The van der Waals surface area contributed by atoms with Gasteiger partial charge in [-0.1, -0.05) is 35.3 Å². The van der Waals surface area contributed by atoms with Gasteiger partial charge in [0.15, 0.2) is 0 Å². The van der Waals surface area contributed by atoms with Gasteiger partial charge in [-0.25, -0.2) is 9.29 Å². The first-order valence-corrected chi connectivity index (χ1v) is 8.76. The zero-order chi connectivity index (χ0) is 19.7. The number of rotatable bonds is 5. The number of benzene rings is 2. The predicted molar refractivity (Wildman–Crippen MR) is 102 cm³/mol. The summed E-state index contributed by atoms with van der Waals surface area (Å²) < 4.78 is 13.3. The number of carbonyl (C=O) groups is 2. The largest absolute Gasteiger partial charge is 0.395 e. The number of hydrogen-bond acceptors (Lipinski definition) is 4. The summed E-state index contributed by atoms with van der Waals surface area (Å²) in [6, 6.07) is 9.73. The maximum atomic E-state index is 13.3. The molecule has 27 heavy (non-hydrogen) atoms. The van der Waals surface area contributed by atoms with Crippen LogP contribution in [-0.2, 0) is 9.59 Å². The van der Waals surface area contributed by atoms with Crippen LogP contribution in [0.15, 0.2) is 48.2 Å². The van der Waals surface area contributed by atoms with E-state index in [9.17, 15) is 19.1 Å². The molecule has 1 aliphatic heterocycles. The Hall–Kier alpha value is -2.41. The molecule has 0 fully saturated rings. The molecule has 1 aliphatic rings. The molecule has 0 radical (unpaired) electrons. The minimum absolute atomic E-state index is 0.117. The number of imide groups is 1. The van der Waals surface area contributed by atoms with E-state index in [2.05, 4.69) is 0 Å². The van der Waals surface area contributed by atoms with Gasteiger partial charge in [-0.05, 0) is 35.9 Å². The van der Waals surface area contributed by atoms with Crippen molar-refractivity contribution in [3.63, 3.8) is 0 Å². The molecule has 0 aliphatic carbocycles. The third-order valence-corrected chi connectivity index (χ3v) is 4.91. The second-order valence-corrected chi connectivity index (χ2v) is 6.73. The lowest BCUT2D eigenvalue weighted by Crippen LogP contribution is -2.34. The smallest absolute Gasteiger partial charge is 0.282 e. The molecule has 0 saturated carbocycles. The first-order valence-electron chi connectivity index (χ1n) is 8.01. The number of aliphatic hydroxyl groups excluding tert-OH is 1. The van der Waals surface area contributed by atoms with Crippen molar-refractivity contribution in [2.45, 2.75) is 0 Å². The Labute approximate surface area is 165 Å². The quantitative estimate of drug-likeness (QED) is 0.770. The van der Waals surface area contributed by atoms with Crippen LogP contribution < -0.4 is 4.90 Å². The topological polar surface area (TPSA) is 60.9 Å². The van der Waals surface area contributed by atoms with E-state index >= 15 is 0 Å². The maximum absolute atomic E-state index is 13.3. The van der Waals surface area contributed by atoms with E-state index in [0.29, 0.717) is 10.6 Å². The number of halogens is 3. The molecule has 8 heteroatoms. The number of nitrogens with zero attached hydrogens (tertiary/aromatic N) is 2. The van der Waals surface area contributed by atoms with Gasteiger partial charge in [0.25, 0.3) is 11.8 Å². The Morgan fingerprint density at radius 2 is 1.70 bits per heavy atom. The fraction of sp³-hybridized carbons (Fsp3) is 0.158. The molecule has 3 rings (SSSR count). The molecule has 1 heterocycles. The number of likely N-dealkylation sites (N-methyl/N-ethyl adjacent to an activating group) is 1. The van der Waals surface area contributed by atoms with Gasteiger partial charge in [0, 0.05) is 13.6 Å². The van der Waals surface area contributed by atoms with Crippen LogP contribution in [0.3, 0.4) is 0 Å². The van der Waals surface area contributed by atoms with E-state index in [0.717, 1.165) is 4.90 Å².